The maximum Gasteiger partial charge on any atom is 1.00 e. The number of nitrogens with two attached hydrogens (primary N) is 1. The molecule has 1 aromatic carbocycles. The van der Waals surface area contributed by atoms with Crippen molar-refractivity contribution >= 4 is 12.4 Å². The quantitative estimate of drug-likeness (QED) is 0.442. The van der Waals surface area contributed by atoms with Crippen molar-refractivity contribution in [3.05, 3.63) is 35.4 Å². The number of halogens is 1. The molecular formula is C21H39ClNNa. The Balaban J connectivity index is -0.00000161. The van der Waals surface area contributed by atoms with Gasteiger partial charge in [-0.3, -0.25) is 0 Å². The maximum absolute atomic E-state index is 6.28. The Hall–Kier alpha value is 0.470. The van der Waals surface area contributed by atoms with Crippen LogP contribution in [0.4, 0.5) is 0 Å². The van der Waals surface area contributed by atoms with Gasteiger partial charge < -0.3 is 7.16 Å². The van der Waals surface area contributed by atoms with Crippen LogP contribution >= 0.6 is 12.4 Å². The van der Waals surface area contributed by atoms with E-state index in [0.717, 1.165) is 0 Å². The SMILES string of the molecule is CCCCCCCCCCCCc1ccccc1C(C)(C)N.Cl.[H-].[Na+]. The molecule has 0 unspecified atom stereocenters. The summed E-state index contributed by atoms with van der Waals surface area (Å²) in [6, 6.07) is 8.68. The van der Waals surface area contributed by atoms with Gasteiger partial charge in [0.15, 0.2) is 0 Å². The molecule has 1 aromatic rings. The van der Waals surface area contributed by atoms with E-state index in [1.54, 1.807) is 0 Å². The van der Waals surface area contributed by atoms with E-state index >= 15 is 0 Å². The number of hydrogen-bond acceptors (Lipinski definition) is 1. The molecule has 24 heavy (non-hydrogen) atoms. The number of unbranched alkanes of at least 4 members (excludes halogenated alkanes) is 9. The molecule has 1 rings (SSSR count). The molecule has 136 valence electrons. The summed E-state index contributed by atoms with van der Waals surface area (Å²) >= 11 is 0. The van der Waals surface area contributed by atoms with E-state index < -0.39 is 0 Å². The van der Waals surface area contributed by atoms with Gasteiger partial charge in [0, 0.05) is 5.54 Å². The summed E-state index contributed by atoms with van der Waals surface area (Å²) < 4.78 is 0. The number of rotatable bonds is 12. The van der Waals surface area contributed by atoms with Crippen LogP contribution in [0.2, 0.25) is 0 Å². The zero-order chi connectivity index (χ0) is 16.3. The van der Waals surface area contributed by atoms with Crippen molar-refractivity contribution in [2.45, 2.75) is 96.9 Å². The van der Waals surface area contributed by atoms with Crippen LogP contribution in [-0.2, 0) is 12.0 Å². The van der Waals surface area contributed by atoms with E-state index in [0.29, 0.717) is 0 Å². The van der Waals surface area contributed by atoms with Crippen molar-refractivity contribution in [2.75, 3.05) is 0 Å². The molecule has 0 radical (unpaired) electrons. The average Bonchev–Trinajstić information content (AvgIpc) is 2.48. The average molecular weight is 364 g/mol. The van der Waals surface area contributed by atoms with Crippen LogP contribution < -0.4 is 35.3 Å². The Morgan fingerprint density at radius 3 is 1.79 bits per heavy atom. The maximum atomic E-state index is 6.28. The van der Waals surface area contributed by atoms with Gasteiger partial charge in [-0.25, -0.2) is 0 Å². The van der Waals surface area contributed by atoms with E-state index in [1.165, 1.54) is 81.8 Å². The van der Waals surface area contributed by atoms with Gasteiger partial charge in [0.1, 0.15) is 0 Å². The second-order valence-electron chi connectivity index (χ2n) is 7.31. The zero-order valence-electron chi connectivity index (χ0n) is 17.6. The van der Waals surface area contributed by atoms with Crippen LogP contribution in [0.3, 0.4) is 0 Å². The van der Waals surface area contributed by atoms with E-state index in [1.807, 2.05) is 0 Å². The fourth-order valence-electron chi connectivity index (χ4n) is 3.17. The van der Waals surface area contributed by atoms with Crippen LogP contribution in [0.15, 0.2) is 24.3 Å². The molecule has 0 atom stereocenters. The second kappa shape index (κ2) is 15.7. The Labute approximate surface area is 180 Å². The number of benzene rings is 1. The van der Waals surface area contributed by atoms with Gasteiger partial charge in [-0.1, -0.05) is 89.0 Å². The summed E-state index contributed by atoms with van der Waals surface area (Å²) in [7, 11) is 0. The van der Waals surface area contributed by atoms with Gasteiger partial charge in [-0.2, -0.15) is 0 Å². The van der Waals surface area contributed by atoms with Crippen molar-refractivity contribution in [1.82, 2.24) is 0 Å². The Bertz CT molecular complexity index is 407. The van der Waals surface area contributed by atoms with Crippen molar-refractivity contribution in [1.29, 1.82) is 0 Å². The topological polar surface area (TPSA) is 26.0 Å². The fourth-order valence-corrected chi connectivity index (χ4v) is 3.17. The monoisotopic (exact) mass is 363 g/mol. The molecule has 0 aliphatic heterocycles. The molecule has 0 saturated heterocycles. The Kier molecular flexibility index (Phi) is 17.5. The van der Waals surface area contributed by atoms with Crippen LogP contribution in [0.1, 0.15) is 97.5 Å². The summed E-state index contributed by atoms with van der Waals surface area (Å²) in [5.41, 5.74) is 8.80. The first-order valence-corrected chi connectivity index (χ1v) is 9.43. The molecule has 0 heterocycles. The minimum absolute atomic E-state index is 0. The Morgan fingerprint density at radius 1 is 0.833 bits per heavy atom. The third-order valence-electron chi connectivity index (χ3n) is 4.51. The molecule has 0 aliphatic carbocycles. The molecular weight excluding hydrogens is 325 g/mol. The molecule has 0 aromatic heterocycles. The first-order chi connectivity index (χ1) is 10.6. The van der Waals surface area contributed by atoms with Gasteiger partial charge in [0.25, 0.3) is 0 Å². The predicted octanol–water partition coefficient (Wildman–Crippen LogP) is 3.88. The molecule has 1 nitrogen and oxygen atoms in total. The largest absolute Gasteiger partial charge is 1.00 e. The summed E-state index contributed by atoms with van der Waals surface area (Å²) in [4.78, 5) is 0. The van der Waals surface area contributed by atoms with Crippen LogP contribution in [0.5, 0.6) is 0 Å². The second-order valence-corrected chi connectivity index (χ2v) is 7.31. The van der Waals surface area contributed by atoms with Gasteiger partial charge >= 0.3 is 29.6 Å². The molecule has 0 saturated carbocycles. The van der Waals surface area contributed by atoms with E-state index in [-0.39, 0.29) is 48.9 Å². The number of aryl methyl sites for hydroxylation is 1. The van der Waals surface area contributed by atoms with E-state index in [2.05, 4.69) is 45.0 Å². The van der Waals surface area contributed by atoms with Crippen molar-refractivity contribution < 1.29 is 31.0 Å². The first kappa shape index (κ1) is 26.7. The molecule has 0 fully saturated rings. The zero-order valence-corrected chi connectivity index (χ0v) is 19.4. The molecule has 0 bridgehead atoms. The summed E-state index contributed by atoms with van der Waals surface area (Å²) in [5, 5.41) is 0. The molecule has 0 spiro atoms. The van der Waals surface area contributed by atoms with Crippen LogP contribution in [-0.4, -0.2) is 0 Å². The first-order valence-electron chi connectivity index (χ1n) is 9.43. The minimum Gasteiger partial charge on any atom is -1.00 e. The normalized spacial score (nSPS) is 10.8. The fraction of sp³-hybridized carbons (Fsp3) is 0.714. The van der Waals surface area contributed by atoms with Crippen molar-refractivity contribution in [3.63, 3.8) is 0 Å². The summed E-state index contributed by atoms with van der Waals surface area (Å²) in [5.74, 6) is 0. The molecule has 2 N–H and O–H groups in total. The van der Waals surface area contributed by atoms with Gasteiger partial charge in [0.2, 0.25) is 0 Å². The van der Waals surface area contributed by atoms with Crippen LogP contribution in [0, 0.1) is 0 Å². The van der Waals surface area contributed by atoms with Gasteiger partial charge in [-0.05, 0) is 37.8 Å². The standard InChI is InChI=1S/C21H37N.ClH.Na.H/c1-4-5-6-7-8-9-10-11-12-13-16-19-17-14-15-18-20(19)21(2,3)22;;;/h14-15,17-18H,4-13,16,22H2,1-3H3;1H;;/q;;+1;-1. The minimum atomic E-state index is -0.227. The summed E-state index contributed by atoms with van der Waals surface area (Å²) in [6.07, 6.45) is 15.1. The Morgan fingerprint density at radius 2 is 1.29 bits per heavy atom. The number of hydrogen-bond donors (Lipinski definition) is 1. The van der Waals surface area contributed by atoms with Crippen LogP contribution in [0.25, 0.3) is 0 Å². The van der Waals surface area contributed by atoms with E-state index in [9.17, 15) is 0 Å². The molecule has 0 aliphatic rings. The third-order valence-corrected chi connectivity index (χ3v) is 4.51. The van der Waals surface area contributed by atoms with Gasteiger partial charge in [-0.15, -0.1) is 12.4 Å². The molecule has 3 heteroatoms. The predicted molar refractivity (Wildman–Crippen MR) is 108 cm³/mol. The van der Waals surface area contributed by atoms with Crippen molar-refractivity contribution in [3.8, 4) is 0 Å². The van der Waals surface area contributed by atoms with Gasteiger partial charge in [0.05, 0.1) is 0 Å². The summed E-state index contributed by atoms with van der Waals surface area (Å²) in [6.45, 7) is 6.48. The van der Waals surface area contributed by atoms with Crippen molar-refractivity contribution in [2.24, 2.45) is 5.73 Å². The molecule has 0 amide bonds. The van der Waals surface area contributed by atoms with E-state index in [4.69, 9.17) is 5.73 Å². The third kappa shape index (κ3) is 11.9. The smallest absolute Gasteiger partial charge is 1.00 e.